The summed E-state index contributed by atoms with van der Waals surface area (Å²) in [5.41, 5.74) is 1.59. The highest BCUT2D eigenvalue weighted by Gasteiger charge is 2.25. The molecule has 0 spiro atoms. The Balaban J connectivity index is 1.35. The van der Waals surface area contributed by atoms with Gasteiger partial charge in [0.15, 0.2) is 0 Å². The van der Waals surface area contributed by atoms with Crippen molar-refractivity contribution in [3.05, 3.63) is 48.0 Å². The first-order valence-corrected chi connectivity index (χ1v) is 10.0. The Labute approximate surface area is 167 Å². The van der Waals surface area contributed by atoms with Gasteiger partial charge in [-0.2, -0.15) is 0 Å². The van der Waals surface area contributed by atoms with Gasteiger partial charge in [0.05, 0.1) is 24.4 Å². The van der Waals surface area contributed by atoms with Gasteiger partial charge in [0.25, 0.3) is 11.1 Å². The zero-order valence-electron chi connectivity index (χ0n) is 15.9. The highest BCUT2D eigenvalue weighted by atomic mass is 32.1. The molecular weight excluding hydrogens is 376 g/mol. The summed E-state index contributed by atoms with van der Waals surface area (Å²) in [6, 6.07) is 13.0. The molecule has 4 rings (SSSR count). The Morgan fingerprint density at radius 3 is 2.39 bits per heavy atom. The predicted molar refractivity (Wildman–Crippen MR) is 109 cm³/mol. The van der Waals surface area contributed by atoms with Gasteiger partial charge in [-0.1, -0.05) is 11.3 Å². The number of thiazole rings is 1. The molecule has 2 heterocycles. The number of nitrogens with zero attached hydrogens (tertiary/aromatic N) is 2. The first-order chi connectivity index (χ1) is 13.7. The summed E-state index contributed by atoms with van der Waals surface area (Å²) in [6.45, 7) is 1.35. The van der Waals surface area contributed by atoms with Gasteiger partial charge in [0, 0.05) is 31.5 Å². The van der Waals surface area contributed by atoms with Crippen molar-refractivity contribution in [2.24, 2.45) is 0 Å². The second kappa shape index (κ2) is 8.06. The number of piperidine rings is 1. The molecule has 1 saturated heterocycles. The fourth-order valence-electron chi connectivity index (χ4n) is 3.30. The normalized spacial score (nSPS) is 14.9. The van der Waals surface area contributed by atoms with E-state index in [0.29, 0.717) is 23.8 Å². The molecule has 3 aromatic rings. The van der Waals surface area contributed by atoms with E-state index in [4.69, 9.17) is 14.2 Å². The molecule has 1 aliphatic rings. The van der Waals surface area contributed by atoms with Crippen molar-refractivity contribution in [2.75, 3.05) is 27.3 Å². The molecule has 0 radical (unpaired) electrons. The van der Waals surface area contributed by atoms with E-state index >= 15 is 0 Å². The largest absolute Gasteiger partial charge is 0.497 e. The third-order valence-corrected chi connectivity index (χ3v) is 5.82. The van der Waals surface area contributed by atoms with Crippen LogP contribution >= 0.6 is 11.3 Å². The van der Waals surface area contributed by atoms with E-state index in [2.05, 4.69) is 4.98 Å². The number of benzene rings is 2. The van der Waals surface area contributed by atoms with E-state index in [0.717, 1.165) is 34.6 Å². The van der Waals surface area contributed by atoms with Crippen LogP contribution < -0.4 is 14.2 Å². The third kappa shape index (κ3) is 3.89. The molecule has 0 N–H and O–H groups in total. The van der Waals surface area contributed by atoms with Crippen molar-refractivity contribution in [3.63, 3.8) is 0 Å². The number of amides is 1. The van der Waals surface area contributed by atoms with E-state index in [-0.39, 0.29) is 12.0 Å². The quantitative estimate of drug-likeness (QED) is 0.650. The summed E-state index contributed by atoms with van der Waals surface area (Å²) in [5, 5.41) is 0.670. The molecule has 0 bridgehead atoms. The van der Waals surface area contributed by atoms with Crippen molar-refractivity contribution < 1.29 is 19.0 Å². The van der Waals surface area contributed by atoms with Crippen molar-refractivity contribution >= 4 is 27.5 Å². The number of hydrogen-bond acceptors (Lipinski definition) is 6. The predicted octanol–water partition coefficient (Wildman–Crippen LogP) is 4.00. The van der Waals surface area contributed by atoms with E-state index in [1.54, 1.807) is 26.4 Å². The maximum atomic E-state index is 12.7. The van der Waals surface area contributed by atoms with Gasteiger partial charge in [-0.3, -0.25) is 4.79 Å². The molecule has 1 fully saturated rings. The fourth-order valence-corrected chi connectivity index (χ4v) is 4.21. The van der Waals surface area contributed by atoms with E-state index in [9.17, 15) is 4.79 Å². The molecule has 7 heteroatoms. The summed E-state index contributed by atoms with van der Waals surface area (Å²) < 4.78 is 17.5. The van der Waals surface area contributed by atoms with Gasteiger partial charge in [0.2, 0.25) is 0 Å². The van der Waals surface area contributed by atoms with Gasteiger partial charge in [-0.05, 0) is 42.5 Å². The second-order valence-corrected chi connectivity index (χ2v) is 7.64. The molecular formula is C21H22N2O4S. The van der Waals surface area contributed by atoms with E-state index in [1.807, 2.05) is 35.2 Å². The van der Waals surface area contributed by atoms with Gasteiger partial charge in [-0.15, -0.1) is 0 Å². The number of aromatic nitrogens is 1. The third-order valence-electron chi connectivity index (χ3n) is 4.91. The van der Waals surface area contributed by atoms with Crippen LogP contribution in [0.5, 0.6) is 16.7 Å². The second-order valence-electron chi connectivity index (χ2n) is 6.65. The van der Waals surface area contributed by atoms with Crippen LogP contribution in [0.2, 0.25) is 0 Å². The molecule has 28 heavy (non-hydrogen) atoms. The Morgan fingerprint density at radius 1 is 1.04 bits per heavy atom. The zero-order valence-corrected chi connectivity index (χ0v) is 16.7. The number of fused-ring (bicyclic) bond motifs is 1. The molecule has 0 unspecified atom stereocenters. The van der Waals surface area contributed by atoms with Crippen molar-refractivity contribution in [2.45, 2.75) is 18.9 Å². The van der Waals surface area contributed by atoms with E-state index < -0.39 is 0 Å². The SMILES string of the molecule is COc1ccc(C(=O)N2CCC(Oc3nc4ccc(OC)cc4s3)CC2)cc1. The topological polar surface area (TPSA) is 60.9 Å². The summed E-state index contributed by atoms with van der Waals surface area (Å²) in [6.07, 6.45) is 1.66. The maximum absolute atomic E-state index is 12.7. The van der Waals surface area contributed by atoms with E-state index in [1.165, 1.54) is 11.3 Å². The van der Waals surface area contributed by atoms with Gasteiger partial charge < -0.3 is 19.1 Å². The Morgan fingerprint density at radius 2 is 1.71 bits per heavy atom. The minimum absolute atomic E-state index is 0.0492. The number of likely N-dealkylation sites (tertiary alicyclic amines) is 1. The lowest BCUT2D eigenvalue weighted by molar-refractivity contribution is 0.0595. The molecule has 6 nitrogen and oxygen atoms in total. The van der Waals surface area contributed by atoms with Crippen LogP contribution in [-0.4, -0.2) is 49.2 Å². The lowest BCUT2D eigenvalue weighted by Crippen LogP contribution is -2.41. The van der Waals surface area contributed by atoms with Gasteiger partial charge in [0.1, 0.15) is 17.6 Å². The minimum Gasteiger partial charge on any atom is -0.497 e. The molecule has 0 saturated carbocycles. The van der Waals surface area contributed by atoms with Crippen molar-refractivity contribution in [1.29, 1.82) is 0 Å². The van der Waals surface area contributed by atoms with Crippen molar-refractivity contribution in [3.8, 4) is 16.7 Å². The van der Waals surface area contributed by atoms with Crippen LogP contribution in [0, 0.1) is 0 Å². The highest BCUT2D eigenvalue weighted by molar-refractivity contribution is 7.20. The highest BCUT2D eigenvalue weighted by Crippen LogP contribution is 2.32. The summed E-state index contributed by atoms with van der Waals surface area (Å²) in [7, 11) is 3.27. The Kier molecular flexibility index (Phi) is 5.34. The first-order valence-electron chi connectivity index (χ1n) is 9.21. The van der Waals surface area contributed by atoms with Crippen LogP contribution in [0.15, 0.2) is 42.5 Å². The number of carbonyl (C=O) groups is 1. The maximum Gasteiger partial charge on any atom is 0.274 e. The van der Waals surface area contributed by atoms with Crippen LogP contribution in [-0.2, 0) is 0 Å². The van der Waals surface area contributed by atoms with Crippen LogP contribution in [0.4, 0.5) is 0 Å². The van der Waals surface area contributed by atoms with Crippen LogP contribution in [0.25, 0.3) is 10.2 Å². The monoisotopic (exact) mass is 398 g/mol. The summed E-state index contributed by atoms with van der Waals surface area (Å²) in [5.74, 6) is 1.61. The number of rotatable bonds is 5. The van der Waals surface area contributed by atoms with Crippen LogP contribution in [0.1, 0.15) is 23.2 Å². The number of methoxy groups -OCH3 is 2. The zero-order chi connectivity index (χ0) is 19.5. The lowest BCUT2D eigenvalue weighted by atomic mass is 10.1. The molecule has 0 aliphatic carbocycles. The Hall–Kier alpha value is -2.80. The fraction of sp³-hybridized carbons (Fsp3) is 0.333. The molecule has 0 atom stereocenters. The number of carbonyl (C=O) groups excluding carboxylic acids is 1. The molecule has 1 amide bonds. The van der Waals surface area contributed by atoms with Crippen molar-refractivity contribution in [1.82, 2.24) is 9.88 Å². The molecule has 2 aromatic carbocycles. The molecule has 1 aliphatic heterocycles. The molecule has 146 valence electrons. The average Bonchev–Trinajstić information content (AvgIpc) is 3.15. The molecule has 1 aromatic heterocycles. The first kappa shape index (κ1) is 18.6. The average molecular weight is 398 g/mol. The Bertz CT molecular complexity index is 962. The summed E-state index contributed by atoms with van der Waals surface area (Å²) in [4.78, 5) is 19.1. The van der Waals surface area contributed by atoms with Gasteiger partial charge >= 0.3 is 0 Å². The standard InChI is InChI=1S/C21H22N2O4S/c1-25-15-5-3-14(4-6-15)20(24)23-11-9-16(10-12-23)27-21-22-18-8-7-17(26-2)13-19(18)28-21/h3-8,13,16H,9-12H2,1-2H3. The number of hydrogen-bond donors (Lipinski definition) is 0. The smallest absolute Gasteiger partial charge is 0.274 e. The van der Waals surface area contributed by atoms with Gasteiger partial charge in [-0.25, -0.2) is 4.98 Å². The minimum atomic E-state index is 0.0492. The number of ether oxygens (including phenoxy) is 3. The van der Waals surface area contributed by atoms with Crippen LogP contribution in [0.3, 0.4) is 0 Å². The lowest BCUT2D eigenvalue weighted by Gasteiger charge is -2.31. The summed E-state index contributed by atoms with van der Waals surface area (Å²) >= 11 is 1.52.